The maximum Gasteiger partial charge on any atom is 0.313 e. The first-order valence-electron chi connectivity index (χ1n) is 5.68. The quantitative estimate of drug-likeness (QED) is 0.447. The van der Waals surface area contributed by atoms with Gasteiger partial charge in [-0.3, -0.25) is 4.79 Å². The van der Waals surface area contributed by atoms with Crippen LogP contribution < -0.4 is 0 Å². The number of carbonyl (C=O) groups is 1. The third kappa shape index (κ3) is 4.46. The smallest absolute Gasteiger partial charge is 0.313 e. The number of hydrogen-bond acceptors (Lipinski definition) is 2. The van der Waals surface area contributed by atoms with Crippen LogP contribution in [0.3, 0.4) is 0 Å². The van der Waals surface area contributed by atoms with Crippen LogP contribution in [0.1, 0.15) is 30.7 Å². The molecule has 0 aromatic heterocycles. The van der Waals surface area contributed by atoms with E-state index in [1.165, 1.54) is 19.2 Å². The highest BCUT2D eigenvalue weighted by atomic mass is 35.5. The van der Waals surface area contributed by atoms with Crippen LogP contribution >= 0.6 is 23.2 Å². The van der Waals surface area contributed by atoms with E-state index < -0.39 is 11.7 Å². The lowest BCUT2D eigenvalue weighted by Gasteiger charge is -2.15. The number of halogens is 3. The molecule has 1 atom stereocenters. The second-order valence-corrected chi connectivity index (χ2v) is 4.78. The summed E-state index contributed by atoms with van der Waals surface area (Å²) in [6, 6.07) is 4.11. The largest absolute Gasteiger partial charge is 0.469 e. The second-order valence-electron chi connectivity index (χ2n) is 3.96. The van der Waals surface area contributed by atoms with Crippen molar-refractivity contribution in [2.45, 2.75) is 25.2 Å². The Hall–Kier alpha value is -0.800. The fourth-order valence-corrected chi connectivity index (χ4v) is 2.20. The monoisotopic (exact) mass is 292 g/mol. The minimum Gasteiger partial charge on any atom is -0.469 e. The first kappa shape index (κ1) is 15.3. The van der Waals surface area contributed by atoms with Gasteiger partial charge in [0.2, 0.25) is 0 Å². The molecule has 0 bridgehead atoms. The summed E-state index contributed by atoms with van der Waals surface area (Å²) in [4.78, 5) is 11.7. The van der Waals surface area contributed by atoms with E-state index >= 15 is 0 Å². The SMILES string of the molecule is COC(=O)C(CCCCCl)c1cc(F)cc(Cl)c1. The van der Waals surface area contributed by atoms with Gasteiger partial charge in [0.05, 0.1) is 13.0 Å². The summed E-state index contributed by atoms with van der Waals surface area (Å²) in [6.07, 6.45) is 2.15. The molecule has 0 spiro atoms. The zero-order chi connectivity index (χ0) is 13.5. The molecule has 5 heteroatoms. The Labute approximate surface area is 116 Å². The number of hydrogen-bond donors (Lipinski definition) is 0. The van der Waals surface area contributed by atoms with Gasteiger partial charge in [0.1, 0.15) is 5.82 Å². The van der Waals surface area contributed by atoms with Crippen molar-refractivity contribution in [3.05, 3.63) is 34.6 Å². The summed E-state index contributed by atoms with van der Waals surface area (Å²) in [6.45, 7) is 0. The normalized spacial score (nSPS) is 12.2. The van der Waals surface area contributed by atoms with Crippen molar-refractivity contribution in [3.8, 4) is 0 Å². The van der Waals surface area contributed by atoms with Crippen LogP contribution in [0.4, 0.5) is 4.39 Å². The van der Waals surface area contributed by atoms with Crippen molar-refractivity contribution in [1.29, 1.82) is 0 Å². The van der Waals surface area contributed by atoms with E-state index in [-0.39, 0.29) is 11.0 Å². The molecule has 1 rings (SSSR count). The number of unbranched alkanes of at least 4 members (excludes halogenated alkanes) is 1. The molecule has 0 amide bonds. The van der Waals surface area contributed by atoms with Gasteiger partial charge in [-0.15, -0.1) is 11.6 Å². The lowest BCUT2D eigenvalue weighted by atomic mass is 9.93. The van der Waals surface area contributed by atoms with Crippen LogP contribution in [0.2, 0.25) is 5.02 Å². The van der Waals surface area contributed by atoms with Crippen molar-refractivity contribution in [2.24, 2.45) is 0 Å². The predicted molar refractivity (Wildman–Crippen MR) is 70.7 cm³/mol. The van der Waals surface area contributed by atoms with E-state index in [4.69, 9.17) is 27.9 Å². The molecule has 100 valence electrons. The van der Waals surface area contributed by atoms with Gasteiger partial charge in [-0.25, -0.2) is 4.39 Å². The zero-order valence-corrected chi connectivity index (χ0v) is 11.6. The molecule has 1 unspecified atom stereocenters. The van der Waals surface area contributed by atoms with Crippen LogP contribution in [0.5, 0.6) is 0 Å². The third-order valence-corrected chi connectivity index (χ3v) is 3.13. The van der Waals surface area contributed by atoms with E-state index in [9.17, 15) is 9.18 Å². The van der Waals surface area contributed by atoms with Crippen molar-refractivity contribution in [1.82, 2.24) is 0 Å². The summed E-state index contributed by atoms with van der Waals surface area (Å²) >= 11 is 11.4. The molecule has 0 N–H and O–H groups in total. The lowest BCUT2D eigenvalue weighted by molar-refractivity contribution is -0.142. The third-order valence-electron chi connectivity index (χ3n) is 2.65. The van der Waals surface area contributed by atoms with Crippen molar-refractivity contribution in [3.63, 3.8) is 0 Å². The predicted octanol–water partition coefficient (Wildman–Crippen LogP) is 4.14. The van der Waals surface area contributed by atoms with Gasteiger partial charge < -0.3 is 4.74 Å². The van der Waals surface area contributed by atoms with E-state index in [0.717, 1.165) is 12.8 Å². The van der Waals surface area contributed by atoms with Crippen LogP contribution in [0.25, 0.3) is 0 Å². The number of rotatable bonds is 6. The topological polar surface area (TPSA) is 26.3 Å². The molecule has 0 aliphatic rings. The first-order chi connectivity index (χ1) is 8.58. The number of alkyl halides is 1. The summed E-state index contributed by atoms with van der Waals surface area (Å²) in [5.41, 5.74) is 0.543. The molecule has 0 aliphatic carbocycles. The lowest BCUT2D eigenvalue weighted by Crippen LogP contribution is -2.14. The van der Waals surface area contributed by atoms with Gasteiger partial charge >= 0.3 is 5.97 Å². The van der Waals surface area contributed by atoms with Gasteiger partial charge in [0.15, 0.2) is 0 Å². The fourth-order valence-electron chi connectivity index (χ4n) is 1.78. The van der Waals surface area contributed by atoms with Crippen LogP contribution in [0.15, 0.2) is 18.2 Å². The van der Waals surface area contributed by atoms with Crippen LogP contribution in [-0.4, -0.2) is 19.0 Å². The Bertz CT molecular complexity index is 390. The second kappa shape index (κ2) is 7.59. The Kier molecular flexibility index (Phi) is 6.44. The van der Waals surface area contributed by atoms with E-state index in [1.807, 2.05) is 0 Å². The van der Waals surface area contributed by atoms with Crippen molar-refractivity contribution < 1.29 is 13.9 Å². The first-order valence-corrected chi connectivity index (χ1v) is 6.59. The molecular formula is C13H15Cl2FO2. The van der Waals surface area contributed by atoms with E-state index in [1.54, 1.807) is 6.07 Å². The average molecular weight is 293 g/mol. The number of benzene rings is 1. The fraction of sp³-hybridized carbons (Fsp3) is 0.462. The number of carbonyl (C=O) groups excluding carboxylic acids is 1. The summed E-state index contributed by atoms with van der Waals surface area (Å²) < 4.78 is 18.0. The maximum absolute atomic E-state index is 13.3. The highest BCUT2D eigenvalue weighted by Crippen LogP contribution is 2.27. The molecule has 18 heavy (non-hydrogen) atoms. The van der Waals surface area contributed by atoms with E-state index in [0.29, 0.717) is 17.9 Å². The minimum absolute atomic E-state index is 0.274. The highest BCUT2D eigenvalue weighted by molar-refractivity contribution is 6.30. The molecule has 1 aromatic carbocycles. The highest BCUT2D eigenvalue weighted by Gasteiger charge is 2.21. The molecule has 0 radical (unpaired) electrons. The maximum atomic E-state index is 13.3. The number of ether oxygens (including phenoxy) is 1. The summed E-state index contributed by atoms with van der Waals surface area (Å²) in [7, 11) is 1.32. The number of esters is 1. The standard InChI is InChI=1S/C13H15Cl2FO2/c1-18-13(17)12(4-2-3-5-14)9-6-10(15)8-11(16)7-9/h6-8,12H,2-5H2,1H3. The molecule has 0 aliphatic heterocycles. The van der Waals surface area contributed by atoms with Gasteiger partial charge in [0.25, 0.3) is 0 Å². The van der Waals surface area contributed by atoms with Crippen LogP contribution in [-0.2, 0) is 9.53 Å². The molecule has 0 fully saturated rings. The summed E-state index contributed by atoms with van der Waals surface area (Å²) in [5, 5.41) is 0.274. The Morgan fingerprint density at radius 3 is 2.67 bits per heavy atom. The van der Waals surface area contributed by atoms with Gasteiger partial charge in [-0.2, -0.15) is 0 Å². The molecule has 1 aromatic rings. The van der Waals surface area contributed by atoms with Crippen LogP contribution in [0, 0.1) is 5.82 Å². The molecule has 0 saturated heterocycles. The van der Waals surface area contributed by atoms with Gasteiger partial charge in [0, 0.05) is 10.9 Å². The Morgan fingerprint density at radius 1 is 1.39 bits per heavy atom. The summed E-state index contributed by atoms with van der Waals surface area (Å²) in [5.74, 6) is -0.793. The Balaban J connectivity index is 2.90. The van der Waals surface area contributed by atoms with E-state index in [2.05, 4.69) is 0 Å². The molecule has 0 saturated carbocycles. The van der Waals surface area contributed by atoms with Crippen molar-refractivity contribution in [2.75, 3.05) is 13.0 Å². The van der Waals surface area contributed by atoms with Gasteiger partial charge in [-0.1, -0.05) is 18.0 Å². The number of methoxy groups -OCH3 is 1. The average Bonchev–Trinajstić information content (AvgIpc) is 2.32. The Morgan fingerprint density at radius 2 is 2.11 bits per heavy atom. The van der Waals surface area contributed by atoms with Gasteiger partial charge in [-0.05, 0) is 36.6 Å². The zero-order valence-electron chi connectivity index (χ0n) is 10.1. The molecule has 2 nitrogen and oxygen atoms in total. The minimum atomic E-state index is -0.494. The molecular weight excluding hydrogens is 278 g/mol. The van der Waals surface area contributed by atoms with Crippen molar-refractivity contribution >= 4 is 29.2 Å². The molecule has 0 heterocycles.